The van der Waals surface area contributed by atoms with E-state index in [0.717, 1.165) is 17.4 Å². The molecule has 1 unspecified atom stereocenters. The quantitative estimate of drug-likeness (QED) is 0.756. The summed E-state index contributed by atoms with van der Waals surface area (Å²) in [5.74, 6) is 0. The summed E-state index contributed by atoms with van der Waals surface area (Å²) < 4.78 is 0.864. The predicted octanol–water partition coefficient (Wildman–Crippen LogP) is 2.03. The van der Waals surface area contributed by atoms with Crippen molar-refractivity contribution in [2.75, 3.05) is 34.3 Å². The molecule has 0 fully saturated rings. The summed E-state index contributed by atoms with van der Waals surface area (Å²) in [6.45, 7) is 3.31. The molecule has 0 bridgehead atoms. The molecule has 0 radical (unpaired) electrons. The highest BCUT2D eigenvalue weighted by atomic mass is 16.3. The first-order chi connectivity index (χ1) is 7.43. The van der Waals surface area contributed by atoms with Crippen LogP contribution in [0.5, 0.6) is 0 Å². The number of aliphatic hydroxyl groups is 1. The first-order valence-electron chi connectivity index (χ1n) is 5.90. The van der Waals surface area contributed by atoms with E-state index in [-0.39, 0.29) is 12.0 Å². The molecule has 1 aromatic rings. The topological polar surface area (TPSA) is 20.2 Å². The Kier molecular flexibility index (Phi) is 4.11. The van der Waals surface area contributed by atoms with E-state index in [9.17, 15) is 5.11 Å². The average Bonchev–Trinajstić information content (AvgIpc) is 2.26. The van der Waals surface area contributed by atoms with Gasteiger partial charge in [-0.15, -0.1) is 0 Å². The van der Waals surface area contributed by atoms with Gasteiger partial charge in [0.2, 0.25) is 0 Å². The Morgan fingerprint density at radius 1 is 1.12 bits per heavy atom. The van der Waals surface area contributed by atoms with E-state index in [4.69, 9.17) is 0 Å². The van der Waals surface area contributed by atoms with Crippen LogP contribution in [0.1, 0.15) is 18.9 Å². The molecule has 0 aliphatic heterocycles. The second-order valence-electron chi connectivity index (χ2n) is 5.61. The molecule has 0 aliphatic carbocycles. The lowest BCUT2D eigenvalue weighted by Gasteiger charge is -2.38. The summed E-state index contributed by atoms with van der Waals surface area (Å²) >= 11 is 0. The van der Waals surface area contributed by atoms with Crippen molar-refractivity contribution in [2.24, 2.45) is 0 Å². The second-order valence-corrected chi connectivity index (χ2v) is 5.61. The van der Waals surface area contributed by atoms with Gasteiger partial charge in [0, 0.05) is 0 Å². The van der Waals surface area contributed by atoms with Crippen molar-refractivity contribution in [3.05, 3.63) is 35.9 Å². The number of rotatable bonds is 5. The van der Waals surface area contributed by atoms with Gasteiger partial charge in [-0.2, -0.15) is 0 Å². The third kappa shape index (κ3) is 3.06. The fraction of sp³-hybridized carbons (Fsp3) is 0.571. The Hall–Kier alpha value is -0.860. The summed E-state index contributed by atoms with van der Waals surface area (Å²) in [5, 5.41) is 9.78. The van der Waals surface area contributed by atoms with Gasteiger partial charge in [0.05, 0.1) is 39.7 Å². The number of benzene rings is 1. The van der Waals surface area contributed by atoms with Crippen molar-refractivity contribution in [3.8, 4) is 0 Å². The monoisotopic (exact) mass is 222 g/mol. The summed E-state index contributed by atoms with van der Waals surface area (Å²) in [4.78, 5) is 0. The van der Waals surface area contributed by atoms with Crippen molar-refractivity contribution in [1.82, 2.24) is 0 Å². The van der Waals surface area contributed by atoms with Gasteiger partial charge < -0.3 is 9.59 Å². The maximum absolute atomic E-state index is 9.78. The molecule has 0 saturated heterocycles. The van der Waals surface area contributed by atoms with Gasteiger partial charge in [0.25, 0.3) is 0 Å². The summed E-state index contributed by atoms with van der Waals surface area (Å²) in [6, 6.07) is 10.4. The highest BCUT2D eigenvalue weighted by Crippen LogP contribution is 2.29. The second kappa shape index (κ2) is 4.98. The molecule has 16 heavy (non-hydrogen) atoms. The molecule has 2 nitrogen and oxygen atoms in total. The number of likely N-dealkylation sites (N-methyl/N-ethyl adjacent to an activating group) is 1. The van der Waals surface area contributed by atoms with E-state index in [1.807, 2.05) is 18.2 Å². The zero-order valence-electron chi connectivity index (χ0n) is 10.9. The lowest BCUT2D eigenvalue weighted by molar-refractivity contribution is -0.875. The van der Waals surface area contributed by atoms with E-state index < -0.39 is 0 Å². The molecule has 1 rings (SSSR count). The molecule has 2 heteroatoms. The number of aliphatic hydroxyl groups excluding tert-OH is 1. The van der Waals surface area contributed by atoms with Crippen molar-refractivity contribution in [2.45, 2.75) is 18.8 Å². The minimum atomic E-state index is -0.112. The predicted molar refractivity (Wildman–Crippen MR) is 68.4 cm³/mol. The Labute approximate surface area is 99.1 Å². The van der Waals surface area contributed by atoms with Gasteiger partial charge >= 0.3 is 0 Å². The van der Waals surface area contributed by atoms with Gasteiger partial charge in [-0.1, -0.05) is 37.3 Å². The minimum absolute atomic E-state index is 0.112. The number of quaternary nitrogens is 1. The highest BCUT2D eigenvalue weighted by molar-refractivity contribution is 5.25. The summed E-state index contributed by atoms with van der Waals surface area (Å²) in [7, 11) is 6.51. The molecule has 1 atom stereocenters. The molecule has 0 amide bonds. The summed E-state index contributed by atoms with van der Waals surface area (Å²) in [5.41, 5.74) is 1.13. The third-order valence-corrected chi connectivity index (χ3v) is 3.14. The van der Waals surface area contributed by atoms with Gasteiger partial charge in [0.1, 0.15) is 0 Å². The maximum Gasteiger partial charge on any atom is 0.0901 e. The van der Waals surface area contributed by atoms with Crippen LogP contribution in [-0.2, 0) is 5.41 Å². The Balaban J connectivity index is 3.06. The summed E-state index contributed by atoms with van der Waals surface area (Å²) in [6.07, 6.45) is 0.961. The van der Waals surface area contributed by atoms with E-state index in [1.54, 1.807) is 0 Å². The average molecular weight is 222 g/mol. The van der Waals surface area contributed by atoms with Gasteiger partial charge in [0.15, 0.2) is 0 Å². The van der Waals surface area contributed by atoms with Crippen LogP contribution >= 0.6 is 0 Å². The molecule has 0 saturated carbocycles. The molecule has 0 aliphatic rings. The third-order valence-electron chi connectivity index (χ3n) is 3.14. The van der Waals surface area contributed by atoms with Crippen LogP contribution < -0.4 is 0 Å². The van der Waals surface area contributed by atoms with Crippen molar-refractivity contribution >= 4 is 0 Å². The lowest BCUT2D eigenvalue weighted by Crippen LogP contribution is -2.49. The van der Waals surface area contributed by atoms with Crippen molar-refractivity contribution in [3.63, 3.8) is 0 Å². The molecule has 1 aromatic carbocycles. The van der Waals surface area contributed by atoms with Crippen molar-refractivity contribution < 1.29 is 9.59 Å². The zero-order chi connectivity index (χ0) is 12.2. The van der Waals surface area contributed by atoms with Crippen LogP contribution in [-0.4, -0.2) is 43.9 Å². The number of nitrogens with zero attached hydrogens (tertiary/aromatic N) is 1. The largest absolute Gasteiger partial charge is 0.395 e. The first-order valence-corrected chi connectivity index (χ1v) is 5.90. The molecule has 90 valence electrons. The molecular weight excluding hydrogens is 198 g/mol. The number of hydrogen-bond donors (Lipinski definition) is 1. The Morgan fingerprint density at radius 2 is 1.69 bits per heavy atom. The fourth-order valence-electron chi connectivity index (χ4n) is 2.36. The SMILES string of the molecule is CCC(CO)(C[N+](C)(C)C)c1ccccc1. The van der Waals surface area contributed by atoms with Crippen LogP contribution in [0.4, 0.5) is 0 Å². The molecule has 0 aromatic heterocycles. The van der Waals surface area contributed by atoms with Crippen LogP contribution in [0.25, 0.3) is 0 Å². The zero-order valence-corrected chi connectivity index (χ0v) is 10.9. The van der Waals surface area contributed by atoms with E-state index in [2.05, 4.69) is 40.2 Å². The molecule has 0 heterocycles. The number of hydrogen-bond acceptors (Lipinski definition) is 1. The Bertz CT molecular complexity index is 309. The maximum atomic E-state index is 9.78. The normalized spacial score (nSPS) is 15.8. The van der Waals surface area contributed by atoms with Crippen LogP contribution in [0.3, 0.4) is 0 Å². The van der Waals surface area contributed by atoms with Gasteiger partial charge in [-0.3, -0.25) is 0 Å². The fourth-order valence-corrected chi connectivity index (χ4v) is 2.36. The minimum Gasteiger partial charge on any atom is -0.395 e. The standard InChI is InChI=1S/C14H24NO/c1-5-14(12-16,11-15(2,3)4)13-9-7-6-8-10-13/h6-10,16H,5,11-12H2,1-4H3/q+1. The first kappa shape index (κ1) is 13.2. The van der Waals surface area contributed by atoms with Crippen LogP contribution in [0.2, 0.25) is 0 Å². The van der Waals surface area contributed by atoms with E-state index >= 15 is 0 Å². The lowest BCUT2D eigenvalue weighted by atomic mass is 9.78. The van der Waals surface area contributed by atoms with E-state index in [1.165, 1.54) is 5.56 Å². The van der Waals surface area contributed by atoms with Crippen molar-refractivity contribution in [1.29, 1.82) is 0 Å². The van der Waals surface area contributed by atoms with E-state index in [0.29, 0.717) is 0 Å². The molecule has 0 spiro atoms. The van der Waals surface area contributed by atoms with Gasteiger partial charge in [-0.05, 0) is 12.0 Å². The van der Waals surface area contributed by atoms with Crippen LogP contribution in [0, 0.1) is 0 Å². The highest BCUT2D eigenvalue weighted by Gasteiger charge is 2.35. The smallest absolute Gasteiger partial charge is 0.0901 e. The van der Waals surface area contributed by atoms with Crippen LogP contribution in [0.15, 0.2) is 30.3 Å². The Morgan fingerprint density at radius 3 is 2.06 bits per heavy atom. The molecule has 1 N–H and O–H groups in total. The van der Waals surface area contributed by atoms with Gasteiger partial charge in [-0.25, -0.2) is 0 Å². The molecular formula is C14H24NO+.